The number of aromatic nitrogens is 4. The highest BCUT2D eigenvalue weighted by molar-refractivity contribution is 6.30. The van der Waals surface area contributed by atoms with Gasteiger partial charge in [0.1, 0.15) is 0 Å². The zero-order valence-electron chi connectivity index (χ0n) is 12.2. The van der Waals surface area contributed by atoms with Crippen molar-refractivity contribution >= 4 is 11.6 Å². The summed E-state index contributed by atoms with van der Waals surface area (Å²) in [5.74, 6) is 1.14. The molecule has 0 saturated heterocycles. The van der Waals surface area contributed by atoms with Crippen molar-refractivity contribution in [3.05, 3.63) is 53.9 Å². The summed E-state index contributed by atoms with van der Waals surface area (Å²) in [7, 11) is 2.01. The highest BCUT2D eigenvalue weighted by Crippen LogP contribution is 2.20. The van der Waals surface area contributed by atoms with E-state index in [9.17, 15) is 0 Å². The molecule has 6 nitrogen and oxygen atoms in total. The van der Waals surface area contributed by atoms with Gasteiger partial charge >= 0.3 is 0 Å². The summed E-state index contributed by atoms with van der Waals surface area (Å²) in [4.78, 5) is 10.6. The lowest BCUT2D eigenvalue weighted by Gasteiger charge is -2.13. The molecule has 0 aliphatic rings. The standard InChI is InChI=1S/C15H16ClN5O/c1-20(7-8-21-6-5-17-11-21)10-14-18-15(19-22-14)12-3-2-4-13(16)9-12/h2-6,9,11H,7-8,10H2,1H3. The van der Waals surface area contributed by atoms with Crippen LogP contribution >= 0.6 is 11.6 Å². The van der Waals surface area contributed by atoms with Crippen LogP contribution < -0.4 is 0 Å². The van der Waals surface area contributed by atoms with E-state index < -0.39 is 0 Å². The number of rotatable bonds is 6. The Morgan fingerprint density at radius 2 is 2.27 bits per heavy atom. The molecular formula is C15H16ClN5O. The van der Waals surface area contributed by atoms with Crippen molar-refractivity contribution in [3.63, 3.8) is 0 Å². The summed E-state index contributed by atoms with van der Waals surface area (Å²) in [6, 6.07) is 7.41. The predicted octanol–water partition coefficient (Wildman–Crippen LogP) is 2.72. The SMILES string of the molecule is CN(CCn1ccnc1)Cc1nc(-c2cccc(Cl)c2)no1. The van der Waals surface area contributed by atoms with Crippen LogP contribution in [0.25, 0.3) is 11.4 Å². The molecule has 114 valence electrons. The van der Waals surface area contributed by atoms with Gasteiger partial charge in [-0.25, -0.2) is 4.98 Å². The highest BCUT2D eigenvalue weighted by Gasteiger charge is 2.11. The van der Waals surface area contributed by atoms with Crippen LogP contribution in [0.15, 0.2) is 47.5 Å². The molecule has 0 saturated carbocycles. The van der Waals surface area contributed by atoms with Crippen LogP contribution in [0.1, 0.15) is 5.89 Å². The Morgan fingerprint density at radius 1 is 1.36 bits per heavy atom. The molecule has 2 heterocycles. The molecule has 3 aromatic rings. The van der Waals surface area contributed by atoms with E-state index >= 15 is 0 Å². The summed E-state index contributed by atoms with van der Waals surface area (Å²) >= 11 is 5.97. The first-order valence-corrected chi connectivity index (χ1v) is 7.31. The summed E-state index contributed by atoms with van der Waals surface area (Å²) in [6.07, 6.45) is 5.52. The van der Waals surface area contributed by atoms with Gasteiger partial charge in [-0.2, -0.15) is 4.98 Å². The molecule has 0 fully saturated rings. The van der Waals surface area contributed by atoms with Gasteiger partial charge in [0, 0.05) is 36.1 Å². The minimum Gasteiger partial charge on any atom is -0.338 e. The molecule has 22 heavy (non-hydrogen) atoms. The number of hydrogen-bond donors (Lipinski definition) is 0. The molecule has 7 heteroatoms. The van der Waals surface area contributed by atoms with Crippen LogP contribution in [-0.2, 0) is 13.1 Å². The zero-order valence-corrected chi connectivity index (χ0v) is 12.9. The lowest BCUT2D eigenvalue weighted by atomic mass is 10.2. The Kier molecular flexibility index (Phi) is 4.50. The lowest BCUT2D eigenvalue weighted by molar-refractivity contribution is 0.259. The van der Waals surface area contributed by atoms with E-state index in [2.05, 4.69) is 20.0 Å². The number of halogens is 1. The average molecular weight is 318 g/mol. The molecule has 0 aliphatic heterocycles. The van der Waals surface area contributed by atoms with E-state index in [0.29, 0.717) is 23.3 Å². The maximum Gasteiger partial charge on any atom is 0.241 e. The topological polar surface area (TPSA) is 60.0 Å². The van der Waals surface area contributed by atoms with E-state index in [1.54, 1.807) is 12.5 Å². The van der Waals surface area contributed by atoms with Gasteiger partial charge in [0.2, 0.25) is 11.7 Å². The van der Waals surface area contributed by atoms with E-state index in [4.69, 9.17) is 16.1 Å². The third-order valence-corrected chi connectivity index (χ3v) is 3.49. The van der Waals surface area contributed by atoms with Gasteiger partial charge in [0.15, 0.2) is 0 Å². The molecule has 1 aromatic carbocycles. The molecule has 0 spiro atoms. The van der Waals surface area contributed by atoms with Crippen LogP contribution in [0.4, 0.5) is 0 Å². The predicted molar refractivity (Wildman–Crippen MR) is 83.3 cm³/mol. The van der Waals surface area contributed by atoms with Crippen LogP contribution in [0, 0.1) is 0 Å². The molecular weight excluding hydrogens is 302 g/mol. The summed E-state index contributed by atoms with van der Waals surface area (Å²) in [5, 5.41) is 4.66. The Morgan fingerprint density at radius 3 is 3.05 bits per heavy atom. The van der Waals surface area contributed by atoms with Crippen molar-refractivity contribution in [1.82, 2.24) is 24.6 Å². The van der Waals surface area contributed by atoms with E-state index in [-0.39, 0.29) is 0 Å². The van der Waals surface area contributed by atoms with Crippen molar-refractivity contribution in [2.75, 3.05) is 13.6 Å². The maximum absolute atomic E-state index is 5.97. The Balaban J connectivity index is 1.59. The minimum absolute atomic E-state index is 0.556. The van der Waals surface area contributed by atoms with Crippen LogP contribution in [0.3, 0.4) is 0 Å². The second-order valence-corrected chi connectivity index (χ2v) is 5.50. The molecule has 0 radical (unpaired) electrons. The normalized spacial score (nSPS) is 11.2. The quantitative estimate of drug-likeness (QED) is 0.699. The fourth-order valence-electron chi connectivity index (χ4n) is 2.08. The second-order valence-electron chi connectivity index (χ2n) is 5.06. The van der Waals surface area contributed by atoms with Crippen molar-refractivity contribution in [1.29, 1.82) is 0 Å². The van der Waals surface area contributed by atoms with Gasteiger partial charge in [0.25, 0.3) is 0 Å². The number of likely N-dealkylation sites (N-methyl/N-ethyl adjacent to an activating group) is 1. The smallest absolute Gasteiger partial charge is 0.241 e. The maximum atomic E-state index is 5.97. The third kappa shape index (κ3) is 3.72. The van der Waals surface area contributed by atoms with E-state index in [1.807, 2.05) is 42.1 Å². The van der Waals surface area contributed by atoms with Crippen LogP contribution in [-0.4, -0.2) is 38.2 Å². The number of hydrogen-bond acceptors (Lipinski definition) is 5. The van der Waals surface area contributed by atoms with E-state index in [0.717, 1.165) is 18.7 Å². The largest absolute Gasteiger partial charge is 0.338 e. The van der Waals surface area contributed by atoms with Crippen molar-refractivity contribution in [2.24, 2.45) is 0 Å². The second kappa shape index (κ2) is 6.72. The van der Waals surface area contributed by atoms with Gasteiger partial charge in [-0.1, -0.05) is 28.9 Å². The minimum atomic E-state index is 0.556. The van der Waals surface area contributed by atoms with Gasteiger partial charge in [-0.3, -0.25) is 4.90 Å². The lowest BCUT2D eigenvalue weighted by Crippen LogP contribution is -2.22. The molecule has 0 aliphatic carbocycles. The Labute approximate surface area is 133 Å². The summed E-state index contributed by atoms with van der Waals surface area (Å²) < 4.78 is 7.33. The fraction of sp³-hybridized carbons (Fsp3) is 0.267. The van der Waals surface area contributed by atoms with Gasteiger partial charge in [-0.05, 0) is 19.2 Å². The summed E-state index contributed by atoms with van der Waals surface area (Å²) in [5.41, 5.74) is 0.851. The first-order valence-electron chi connectivity index (χ1n) is 6.93. The molecule has 0 amide bonds. The van der Waals surface area contributed by atoms with Crippen molar-refractivity contribution in [2.45, 2.75) is 13.1 Å². The first kappa shape index (κ1) is 14.7. The monoisotopic (exact) mass is 317 g/mol. The average Bonchev–Trinajstić information content (AvgIpc) is 3.16. The first-order chi connectivity index (χ1) is 10.7. The molecule has 2 aromatic heterocycles. The van der Waals surface area contributed by atoms with Gasteiger partial charge in [-0.15, -0.1) is 0 Å². The molecule has 0 atom stereocenters. The molecule has 0 bridgehead atoms. The Hall–Kier alpha value is -2.18. The van der Waals surface area contributed by atoms with Crippen molar-refractivity contribution in [3.8, 4) is 11.4 Å². The van der Waals surface area contributed by atoms with E-state index in [1.165, 1.54) is 0 Å². The summed E-state index contributed by atoms with van der Waals surface area (Å²) in [6.45, 7) is 2.33. The third-order valence-electron chi connectivity index (χ3n) is 3.26. The van der Waals surface area contributed by atoms with Crippen molar-refractivity contribution < 1.29 is 4.52 Å². The van der Waals surface area contributed by atoms with Gasteiger partial charge in [0.05, 0.1) is 12.9 Å². The number of nitrogens with zero attached hydrogens (tertiary/aromatic N) is 5. The molecule has 0 N–H and O–H groups in total. The van der Waals surface area contributed by atoms with Gasteiger partial charge < -0.3 is 9.09 Å². The van der Waals surface area contributed by atoms with Crippen LogP contribution in [0.2, 0.25) is 5.02 Å². The molecule has 3 rings (SSSR count). The zero-order chi connectivity index (χ0) is 15.4. The molecule has 0 unspecified atom stereocenters. The number of benzene rings is 1. The Bertz CT molecular complexity index is 725. The van der Waals surface area contributed by atoms with Crippen LogP contribution in [0.5, 0.6) is 0 Å². The fourth-order valence-corrected chi connectivity index (χ4v) is 2.27. The highest BCUT2D eigenvalue weighted by atomic mass is 35.5. The number of imidazole rings is 1.